The molecule has 1 saturated carbocycles. The van der Waals surface area contributed by atoms with Crippen molar-refractivity contribution in [2.45, 2.75) is 96.4 Å². The number of amides is 1. The number of rotatable bonds is 4. The number of nitrogens with one attached hydrogen (secondary N) is 1. The molecule has 0 unspecified atom stereocenters. The molecule has 1 aliphatic rings. The van der Waals surface area contributed by atoms with E-state index in [1.165, 1.54) is 63.4 Å². The first kappa shape index (κ1) is 20.7. The molecule has 2 nitrogen and oxygen atoms in total. The van der Waals surface area contributed by atoms with Crippen molar-refractivity contribution in [2.24, 2.45) is 0 Å². The number of carbonyl (C=O) groups excluding carboxylic acids is 1. The Kier molecular flexibility index (Phi) is 9.52. The van der Waals surface area contributed by atoms with Gasteiger partial charge in [-0.3, -0.25) is 4.79 Å². The molecule has 0 saturated heterocycles. The lowest BCUT2D eigenvalue weighted by Gasteiger charge is -2.18. The fraction of sp³-hybridized carbons (Fsp3) is 0.625. The predicted octanol–water partition coefficient (Wildman–Crippen LogP) is 6.61. The van der Waals surface area contributed by atoms with Gasteiger partial charge in [-0.05, 0) is 36.0 Å². The Morgan fingerprint density at radius 1 is 0.885 bits per heavy atom. The van der Waals surface area contributed by atoms with Crippen LogP contribution in [-0.4, -0.2) is 11.9 Å². The number of hydrogen-bond acceptors (Lipinski definition) is 1. The lowest BCUT2D eigenvalue weighted by molar-refractivity contribution is -0.117. The number of carbonyl (C=O) groups is 1. The summed E-state index contributed by atoms with van der Waals surface area (Å²) in [5.74, 6) is 0.590. The highest BCUT2D eigenvalue weighted by atomic mass is 16.1. The molecule has 0 heterocycles. The van der Waals surface area contributed by atoms with Crippen molar-refractivity contribution >= 4 is 12.0 Å². The van der Waals surface area contributed by atoms with Crippen LogP contribution in [0.15, 0.2) is 30.3 Å². The SMILES string of the molecule is CC(C)c1ccc(/C=C/C(=O)NC2CCCCCCCCCCC2)cc1. The van der Waals surface area contributed by atoms with Crippen LogP contribution >= 0.6 is 0 Å². The third-order valence-corrected chi connectivity index (χ3v) is 5.48. The van der Waals surface area contributed by atoms with E-state index >= 15 is 0 Å². The summed E-state index contributed by atoms with van der Waals surface area (Å²) in [5, 5.41) is 3.24. The van der Waals surface area contributed by atoms with Gasteiger partial charge < -0.3 is 5.32 Å². The van der Waals surface area contributed by atoms with E-state index < -0.39 is 0 Å². The molecule has 0 atom stereocenters. The van der Waals surface area contributed by atoms with E-state index in [1.807, 2.05) is 6.08 Å². The van der Waals surface area contributed by atoms with Gasteiger partial charge in [0, 0.05) is 12.1 Å². The predicted molar refractivity (Wildman–Crippen MR) is 112 cm³/mol. The lowest BCUT2D eigenvalue weighted by Crippen LogP contribution is -2.33. The maximum Gasteiger partial charge on any atom is 0.244 e. The largest absolute Gasteiger partial charge is 0.350 e. The molecule has 1 aromatic carbocycles. The Morgan fingerprint density at radius 2 is 1.38 bits per heavy atom. The quantitative estimate of drug-likeness (QED) is 0.605. The zero-order valence-electron chi connectivity index (χ0n) is 16.8. The Labute approximate surface area is 160 Å². The van der Waals surface area contributed by atoms with Crippen LogP contribution < -0.4 is 5.32 Å². The van der Waals surface area contributed by atoms with Gasteiger partial charge in [0.05, 0.1) is 0 Å². The second-order valence-electron chi connectivity index (χ2n) is 8.12. The highest BCUT2D eigenvalue weighted by Crippen LogP contribution is 2.17. The highest BCUT2D eigenvalue weighted by Gasteiger charge is 2.11. The first-order valence-corrected chi connectivity index (χ1v) is 10.7. The first-order chi connectivity index (χ1) is 12.6. The van der Waals surface area contributed by atoms with Crippen molar-refractivity contribution in [3.8, 4) is 0 Å². The van der Waals surface area contributed by atoms with Crippen LogP contribution in [0, 0.1) is 0 Å². The smallest absolute Gasteiger partial charge is 0.244 e. The first-order valence-electron chi connectivity index (χ1n) is 10.7. The minimum Gasteiger partial charge on any atom is -0.350 e. The number of benzene rings is 1. The van der Waals surface area contributed by atoms with E-state index in [2.05, 4.69) is 43.4 Å². The van der Waals surface area contributed by atoms with Crippen molar-refractivity contribution in [2.75, 3.05) is 0 Å². The van der Waals surface area contributed by atoms with E-state index in [1.54, 1.807) is 6.08 Å². The van der Waals surface area contributed by atoms with E-state index in [0.29, 0.717) is 12.0 Å². The Bertz CT molecular complexity index is 532. The monoisotopic (exact) mass is 355 g/mol. The third-order valence-electron chi connectivity index (χ3n) is 5.48. The molecule has 0 bridgehead atoms. The molecule has 2 heteroatoms. The maximum atomic E-state index is 12.3. The van der Waals surface area contributed by atoms with Crippen molar-refractivity contribution in [1.82, 2.24) is 5.32 Å². The van der Waals surface area contributed by atoms with Crippen LogP contribution in [0.5, 0.6) is 0 Å². The standard InChI is InChI=1S/C24H37NO/c1-20(2)22-17-14-21(15-18-22)16-19-24(26)25-23-12-10-8-6-4-3-5-7-9-11-13-23/h14-20,23H,3-13H2,1-2H3,(H,25,26)/b19-16+. The fourth-order valence-electron chi connectivity index (χ4n) is 3.72. The summed E-state index contributed by atoms with van der Waals surface area (Å²) < 4.78 is 0. The molecule has 26 heavy (non-hydrogen) atoms. The summed E-state index contributed by atoms with van der Waals surface area (Å²) in [7, 11) is 0. The average Bonchev–Trinajstić information content (AvgIpc) is 2.62. The lowest BCUT2D eigenvalue weighted by atomic mass is 9.98. The molecule has 1 aliphatic carbocycles. The maximum absolute atomic E-state index is 12.3. The van der Waals surface area contributed by atoms with E-state index in [4.69, 9.17) is 0 Å². The summed E-state index contributed by atoms with van der Waals surface area (Å²) in [6.45, 7) is 4.39. The summed E-state index contributed by atoms with van der Waals surface area (Å²) in [6.07, 6.45) is 17.9. The molecule has 1 aromatic rings. The average molecular weight is 356 g/mol. The molecule has 0 spiro atoms. The van der Waals surface area contributed by atoms with Gasteiger partial charge in [0.1, 0.15) is 0 Å². The molecule has 2 rings (SSSR count). The van der Waals surface area contributed by atoms with Crippen LogP contribution in [0.4, 0.5) is 0 Å². The molecule has 1 amide bonds. The zero-order valence-corrected chi connectivity index (χ0v) is 16.8. The topological polar surface area (TPSA) is 29.1 Å². The van der Waals surface area contributed by atoms with Crippen LogP contribution in [0.25, 0.3) is 6.08 Å². The molecular weight excluding hydrogens is 318 g/mol. The van der Waals surface area contributed by atoms with Crippen LogP contribution in [-0.2, 0) is 4.79 Å². The van der Waals surface area contributed by atoms with Gasteiger partial charge in [-0.15, -0.1) is 0 Å². The summed E-state index contributed by atoms with van der Waals surface area (Å²) in [4.78, 5) is 12.3. The summed E-state index contributed by atoms with van der Waals surface area (Å²) in [6, 6.07) is 8.82. The Hall–Kier alpha value is -1.57. The second kappa shape index (κ2) is 11.9. The van der Waals surface area contributed by atoms with Gasteiger partial charge in [0.2, 0.25) is 5.91 Å². The van der Waals surface area contributed by atoms with Crippen molar-refractivity contribution in [3.63, 3.8) is 0 Å². The minimum absolute atomic E-state index is 0.0510. The Morgan fingerprint density at radius 3 is 1.88 bits per heavy atom. The van der Waals surface area contributed by atoms with Crippen LogP contribution in [0.2, 0.25) is 0 Å². The molecular formula is C24H37NO. The molecule has 1 fully saturated rings. The van der Waals surface area contributed by atoms with Gasteiger partial charge in [-0.25, -0.2) is 0 Å². The van der Waals surface area contributed by atoms with Crippen LogP contribution in [0.3, 0.4) is 0 Å². The second-order valence-corrected chi connectivity index (χ2v) is 8.12. The van der Waals surface area contributed by atoms with Crippen LogP contribution in [0.1, 0.15) is 102 Å². The zero-order chi connectivity index (χ0) is 18.6. The van der Waals surface area contributed by atoms with Gasteiger partial charge in [0.25, 0.3) is 0 Å². The van der Waals surface area contributed by atoms with Gasteiger partial charge >= 0.3 is 0 Å². The van der Waals surface area contributed by atoms with Gasteiger partial charge in [-0.1, -0.05) is 95.9 Å². The van der Waals surface area contributed by atoms with Crippen molar-refractivity contribution < 1.29 is 4.79 Å². The third kappa shape index (κ3) is 8.21. The highest BCUT2D eigenvalue weighted by molar-refractivity contribution is 5.91. The van der Waals surface area contributed by atoms with Gasteiger partial charge in [-0.2, -0.15) is 0 Å². The van der Waals surface area contributed by atoms with E-state index in [9.17, 15) is 4.79 Å². The van der Waals surface area contributed by atoms with E-state index in [-0.39, 0.29) is 5.91 Å². The Balaban J connectivity index is 1.82. The van der Waals surface area contributed by atoms with Crippen molar-refractivity contribution in [1.29, 1.82) is 0 Å². The summed E-state index contributed by atoms with van der Waals surface area (Å²) >= 11 is 0. The van der Waals surface area contributed by atoms with E-state index in [0.717, 1.165) is 18.4 Å². The molecule has 0 aromatic heterocycles. The molecule has 144 valence electrons. The van der Waals surface area contributed by atoms with Gasteiger partial charge in [0.15, 0.2) is 0 Å². The number of hydrogen-bond donors (Lipinski definition) is 1. The fourth-order valence-corrected chi connectivity index (χ4v) is 3.72. The summed E-state index contributed by atoms with van der Waals surface area (Å²) in [5.41, 5.74) is 2.42. The molecule has 0 aliphatic heterocycles. The van der Waals surface area contributed by atoms with Crippen molar-refractivity contribution in [3.05, 3.63) is 41.5 Å². The molecule has 0 radical (unpaired) electrons. The molecule has 1 N–H and O–H groups in total. The minimum atomic E-state index is 0.0510. The normalized spacial score (nSPS) is 18.4.